The molecule has 74 valence electrons. The molecule has 12 heavy (non-hydrogen) atoms. The number of hydrogen-bond donors (Lipinski definition) is 1. The second-order valence-electron chi connectivity index (χ2n) is 3.87. The Bertz CT molecular complexity index is 112. The van der Waals surface area contributed by atoms with Gasteiger partial charge >= 0.3 is 0 Å². The van der Waals surface area contributed by atoms with E-state index in [4.69, 9.17) is 0 Å². The summed E-state index contributed by atoms with van der Waals surface area (Å²) < 4.78 is 0. The summed E-state index contributed by atoms with van der Waals surface area (Å²) in [5, 5.41) is 3.42. The number of nitrogens with one attached hydrogen (secondary N) is 1. The molecule has 1 N–H and O–H groups in total. The normalized spacial score (nSPS) is 33.2. The zero-order chi connectivity index (χ0) is 9.61. The van der Waals surface area contributed by atoms with Crippen molar-refractivity contribution in [3.05, 3.63) is 0 Å². The van der Waals surface area contributed by atoms with Crippen molar-refractivity contribution in [2.45, 2.75) is 47.5 Å². The molecule has 0 heterocycles. The summed E-state index contributed by atoms with van der Waals surface area (Å²) in [6.07, 6.45) is 2.85. The van der Waals surface area contributed by atoms with E-state index in [0.717, 1.165) is 12.5 Å². The molecule has 1 fully saturated rings. The highest BCUT2D eigenvalue weighted by Gasteiger charge is 2.38. The van der Waals surface area contributed by atoms with E-state index in [9.17, 15) is 0 Å². The van der Waals surface area contributed by atoms with Gasteiger partial charge < -0.3 is 5.32 Å². The molecule has 1 rings (SSSR count). The van der Waals surface area contributed by atoms with Crippen molar-refractivity contribution in [3.8, 4) is 0 Å². The molecule has 0 aromatic heterocycles. The smallest absolute Gasteiger partial charge is 0.000760 e. The largest absolute Gasteiger partial charge is 0.316 e. The molecule has 1 aliphatic rings. The van der Waals surface area contributed by atoms with E-state index >= 15 is 0 Å². The highest BCUT2D eigenvalue weighted by Crippen LogP contribution is 2.45. The quantitative estimate of drug-likeness (QED) is 0.688. The lowest BCUT2D eigenvalue weighted by molar-refractivity contribution is 0.0661. The Morgan fingerprint density at radius 2 is 2.00 bits per heavy atom. The minimum atomic E-state index is 0.621. The van der Waals surface area contributed by atoms with Crippen molar-refractivity contribution in [2.75, 3.05) is 13.1 Å². The maximum Gasteiger partial charge on any atom is 0.000760 e. The zero-order valence-corrected chi connectivity index (χ0v) is 9.41. The first-order valence-electron chi connectivity index (χ1n) is 5.40. The average Bonchev–Trinajstić information content (AvgIpc) is 2.15. The summed E-state index contributed by atoms with van der Waals surface area (Å²) in [5.74, 6) is 0.937. The minimum absolute atomic E-state index is 0.621. The first-order chi connectivity index (χ1) is 5.69. The van der Waals surface area contributed by atoms with Crippen LogP contribution in [0.15, 0.2) is 0 Å². The van der Waals surface area contributed by atoms with Crippen LogP contribution in [0.3, 0.4) is 0 Å². The fourth-order valence-electron chi connectivity index (χ4n) is 1.60. The predicted octanol–water partition coefficient (Wildman–Crippen LogP) is 3.06. The Hall–Kier alpha value is -0.0400. The van der Waals surface area contributed by atoms with Gasteiger partial charge in [-0.15, -0.1) is 0 Å². The van der Waals surface area contributed by atoms with Crippen LogP contribution < -0.4 is 5.32 Å². The molecule has 1 heteroatoms. The summed E-state index contributed by atoms with van der Waals surface area (Å²) in [5.41, 5.74) is 0.621. The highest BCUT2D eigenvalue weighted by molar-refractivity contribution is 4.90. The molecule has 1 saturated carbocycles. The molecule has 0 saturated heterocycles. The first-order valence-corrected chi connectivity index (χ1v) is 5.40. The lowest BCUT2D eigenvalue weighted by atomic mass is 9.62. The molecule has 1 nitrogen and oxygen atoms in total. The van der Waals surface area contributed by atoms with Crippen LogP contribution in [0.1, 0.15) is 47.5 Å². The Labute approximate surface area is 77.9 Å². The van der Waals surface area contributed by atoms with Crippen LogP contribution in [-0.4, -0.2) is 13.1 Å². The third-order valence-electron chi connectivity index (χ3n) is 3.12. The van der Waals surface area contributed by atoms with Gasteiger partial charge in [0, 0.05) is 6.54 Å². The molecular formula is C11H25N. The number of hydrogen-bond acceptors (Lipinski definition) is 1. The molecule has 1 aliphatic carbocycles. The van der Waals surface area contributed by atoms with Gasteiger partial charge in [-0.05, 0) is 30.7 Å². The van der Waals surface area contributed by atoms with Gasteiger partial charge in [-0.2, -0.15) is 0 Å². The molecule has 2 atom stereocenters. The molecule has 0 aliphatic heterocycles. The van der Waals surface area contributed by atoms with Crippen LogP contribution in [0.4, 0.5) is 0 Å². The van der Waals surface area contributed by atoms with Gasteiger partial charge in [-0.1, -0.05) is 34.6 Å². The van der Waals surface area contributed by atoms with Crippen molar-refractivity contribution in [1.82, 2.24) is 5.32 Å². The van der Waals surface area contributed by atoms with Gasteiger partial charge in [0.2, 0.25) is 0 Å². The highest BCUT2D eigenvalue weighted by atomic mass is 14.9. The van der Waals surface area contributed by atoms with Crippen molar-refractivity contribution in [1.29, 1.82) is 0 Å². The van der Waals surface area contributed by atoms with Crippen LogP contribution in [0.25, 0.3) is 0 Å². The van der Waals surface area contributed by atoms with Gasteiger partial charge in [0.1, 0.15) is 0 Å². The molecule has 0 bridgehead atoms. The summed E-state index contributed by atoms with van der Waals surface area (Å²) in [7, 11) is 0. The Kier molecular flexibility index (Phi) is 5.56. The Morgan fingerprint density at radius 3 is 2.25 bits per heavy atom. The maximum atomic E-state index is 3.42. The topological polar surface area (TPSA) is 12.0 Å². The van der Waals surface area contributed by atoms with Crippen LogP contribution in [0, 0.1) is 11.3 Å². The fraction of sp³-hybridized carbons (Fsp3) is 1.00. The summed E-state index contributed by atoms with van der Waals surface area (Å²) in [4.78, 5) is 0. The summed E-state index contributed by atoms with van der Waals surface area (Å²) in [6, 6.07) is 0. The third kappa shape index (κ3) is 2.78. The van der Waals surface area contributed by atoms with Crippen molar-refractivity contribution < 1.29 is 0 Å². The van der Waals surface area contributed by atoms with Gasteiger partial charge in [-0.3, -0.25) is 0 Å². The van der Waals surface area contributed by atoms with Crippen LogP contribution in [0.5, 0.6) is 0 Å². The van der Waals surface area contributed by atoms with Crippen LogP contribution >= 0.6 is 0 Å². The Morgan fingerprint density at radius 1 is 1.42 bits per heavy atom. The minimum Gasteiger partial charge on any atom is -0.316 e. The maximum absolute atomic E-state index is 3.42. The standard InChI is InChI=1S/C9H19N.C2H6/c1-4-10-7-9(3)6-5-8(9)2;1-2/h8,10H,4-7H2,1-3H3;1-2H3/t8?,9-;/m1./s1. The van der Waals surface area contributed by atoms with Gasteiger partial charge in [0.25, 0.3) is 0 Å². The second kappa shape index (κ2) is 5.58. The summed E-state index contributed by atoms with van der Waals surface area (Å²) in [6.45, 7) is 13.3. The molecular weight excluding hydrogens is 146 g/mol. The fourth-order valence-corrected chi connectivity index (χ4v) is 1.60. The van der Waals surface area contributed by atoms with E-state index in [1.165, 1.54) is 19.4 Å². The van der Waals surface area contributed by atoms with Crippen LogP contribution in [0.2, 0.25) is 0 Å². The molecule has 0 spiro atoms. The van der Waals surface area contributed by atoms with Gasteiger partial charge in [-0.25, -0.2) is 0 Å². The average molecular weight is 171 g/mol. The van der Waals surface area contributed by atoms with Gasteiger partial charge in [0.15, 0.2) is 0 Å². The van der Waals surface area contributed by atoms with E-state index in [1.807, 2.05) is 13.8 Å². The predicted molar refractivity (Wildman–Crippen MR) is 56.4 cm³/mol. The van der Waals surface area contributed by atoms with E-state index in [0.29, 0.717) is 5.41 Å². The van der Waals surface area contributed by atoms with E-state index in [-0.39, 0.29) is 0 Å². The first kappa shape index (κ1) is 12.0. The number of rotatable bonds is 3. The lowest BCUT2D eigenvalue weighted by Gasteiger charge is -2.45. The van der Waals surface area contributed by atoms with E-state index < -0.39 is 0 Å². The zero-order valence-electron chi connectivity index (χ0n) is 9.41. The van der Waals surface area contributed by atoms with Crippen LogP contribution in [-0.2, 0) is 0 Å². The second-order valence-corrected chi connectivity index (χ2v) is 3.87. The molecule has 0 aromatic carbocycles. The van der Waals surface area contributed by atoms with Crippen molar-refractivity contribution >= 4 is 0 Å². The molecule has 1 unspecified atom stereocenters. The lowest BCUT2D eigenvalue weighted by Crippen LogP contribution is -2.43. The SMILES string of the molecule is CC.CCNC[C@@]1(C)CCC1C. The Balaban J connectivity index is 0.000000561. The molecule has 0 amide bonds. The van der Waals surface area contributed by atoms with E-state index in [2.05, 4.69) is 26.1 Å². The molecule has 0 radical (unpaired) electrons. The van der Waals surface area contributed by atoms with E-state index in [1.54, 1.807) is 0 Å². The molecule has 0 aromatic rings. The summed E-state index contributed by atoms with van der Waals surface area (Å²) >= 11 is 0. The monoisotopic (exact) mass is 171 g/mol. The van der Waals surface area contributed by atoms with Crippen molar-refractivity contribution in [2.24, 2.45) is 11.3 Å². The van der Waals surface area contributed by atoms with Gasteiger partial charge in [0.05, 0.1) is 0 Å². The van der Waals surface area contributed by atoms with Crippen molar-refractivity contribution in [3.63, 3.8) is 0 Å². The third-order valence-corrected chi connectivity index (χ3v) is 3.12.